The number of hydrogen-bond donors (Lipinski definition) is 3. The lowest BCUT2D eigenvalue weighted by Crippen LogP contribution is -2.30. The first-order valence-corrected chi connectivity index (χ1v) is 8.60. The second-order valence-electron chi connectivity index (χ2n) is 7.16. The van der Waals surface area contributed by atoms with E-state index in [1.54, 1.807) is 18.2 Å². The first-order valence-electron chi connectivity index (χ1n) is 8.19. The third kappa shape index (κ3) is 1.94. The molecule has 2 bridgehead atoms. The molecule has 0 saturated heterocycles. The highest BCUT2D eigenvalue weighted by Crippen LogP contribution is 2.65. The van der Waals surface area contributed by atoms with Crippen molar-refractivity contribution in [3.63, 3.8) is 0 Å². The number of nitrogens with one attached hydrogen (secondary N) is 3. The van der Waals surface area contributed by atoms with Crippen LogP contribution in [0.5, 0.6) is 0 Å². The Kier molecular flexibility index (Phi) is 2.66. The molecule has 0 radical (unpaired) electrons. The molecule has 5 nitrogen and oxygen atoms in total. The molecule has 1 amide bonds. The maximum atomic E-state index is 12.5. The second kappa shape index (κ2) is 4.54. The summed E-state index contributed by atoms with van der Waals surface area (Å²) in [5, 5.41) is 3.71. The van der Waals surface area contributed by atoms with Crippen LogP contribution < -0.4 is 10.9 Å². The number of fused-ring (bicyclic) bond motifs is 6. The van der Waals surface area contributed by atoms with Crippen LogP contribution in [0, 0.1) is 28.4 Å². The summed E-state index contributed by atoms with van der Waals surface area (Å²) in [6, 6.07) is 5.45. The fourth-order valence-corrected chi connectivity index (χ4v) is 5.27. The van der Waals surface area contributed by atoms with Gasteiger partial charge in [-0.2, -0.15) is 0 Å². The van der Waals surface area contributed by atoms with Crippen molar-refractivity contribution in [3.8, 4) is 0 Å². The van der Waals surface area contributed by atoms with Gasteiger partial charge >= 0.3 is 0 Å². The van der Waals surface area contributed by atoms with Crippen LogP contribution in [-0.2, 0) is 0 Å². The van der Waals surface area contributed by atoms with E-state index in [9.17, 15) is 9.59 Å². The van der Waals surface area contributed by atoms with Crippen LogP contribution in [0.1, 0.15) is 29.6 Å². The van der Waals surface area contributed by atoms with Crippen LogP contribution in [0.15, 0.2) is 23.0 Å². The van der Waals surface area contributed by atoms with Gasteiger partial charge in [0.25, 0.3) is 11.5 Å². The van der Waals surface area contributed by atoms with Crippen molar-refractivity contribution in [2.45, 2.75) is 25.3 Å². The van der Waals surface area contributed by atoms with E-state index in [1.165, 1.54) is 19.3 Å². The van der Waals surface area contributed by atoms with E-state index in [1.807, 2.05) is 0 Å². The molecule has 3 fully saturated rings. The number of hydrogen-bond acceptors (Lipinski definition) is 3. The Labute approximate surface area is 137 Å². The fraction of sp³-hybridized carbons (Fsp3) is 0.471. The molecule has 3 aliphatic carbocycles. The summed E-state index contributed by atoms with van der Waals surface area (Å²) in [5.41, 5.74) is 0.942. The van der Waals surface area contributed by atoms with Gasteiger partial charge in [-0.15, -0.1) is 0 Å². The van der Waals surface area contributed by atoms with E-state index >= 15 is 0 Å². The second-order valence-corrected chi connectivity index (χ2v) is 7.56. The SMILES string of the molecule is O=C(NC1[C@@H]2[C@H]3CC[C@@H](C3)[C@H]12)c1ccc2c(=O)[nH]c(=S)[nH]c2c1. The van der Waals surface area contributed by atoms with Crippen molar-refractivity contribution in [2.75, 3.05) is 0 Å². The summed E-state index contributed by atoms with van der Waals surface area (Å²) in [6.07, 6.45) is 4.05. The Morgan fingerprint density at radius 3 is 2.65 bits per heavy atom. The van der Waals surface area contributed by atoms with E-state index in [4.69, 9.17) is 12.2 Å². The van der Waals surface area contributed by atoms with Crippen LogP contribution in [0.3, 0.4) is 0 Å². The van der Waals surface area contributed by atoms with E-state index in [-0.39, 0.29) is 16.2 Å². The molecule has 5 atom stereocenters. The van der Waals surface area contributed by atoms with Crippen LogP contribution in [-0.4, -0.2) is 21.9 Å². The van der Waals surface area contributed by atoms with Crippen molar-refractivity contribution >= 4 is 29.0 Å². The Balaban J connectivity index is 1.41. The Bertz CT molecular complexity index is 931. The maximum Gasteiger partial charge on any atom is 0.259 e. The van der Waals surface area contributed by atoms with Gasteiger partial charge in [-0.25, -0.2) is 0 Å². The topological polar surface area (TPSA) is 77.8 Å². The molecule has 1 aromatic carbocycles. The average molecular weight is 327 g/mol. The zero-order valence-corrected chi connectivity index (χ0v) is 13.3. The summed E-state index contributed by atoms with van der Waals surface area (Å²) in [5.74, 6) is 3.05. The molecule has 0 aliphatic heterocycles. The highest BCUT2D eigenvalue weighted by Gasteiger charge is 2.65. The first-order chi connectivity index (χ1) is 11.1. The van der Waals surface area contributed by atoms with Gasteiger partial charge in [0, 0.05) is 11.6 Å². The molecule has 118 valence electrons. The van der Waals surface area contributed by atoms with Gasteiger partial charge in [-0.05, 0) is 73.4 Å². The molecule has 3 aliphatic rings. The Morgan fingerprint density at radius 2 is 1.91 bits per heavy atom. The molecule has 3 saturated carbocycles. The monoisotopic (exact) mass is 327 g/mol. The molecule has 23 heavy (non-hydrogen) atoms. The molecule has 1 unspecified atom stereocenters. The van der Waals surface area contributed by atoms with Crippen LogP contribution in [0.25, 0.3) is 10.9 Å². The summed E-state index contributed by atoms with van der Waals surface area (Å²) in [4.78, 5) is 29.9. The highest BCUT2D eigenvalue weighted by molar-refractivity contribution is 7.71. The first kappa shape index (κ1) is 13.5. The standard InChI is InChI=1S/C17H17N3O2S/c21-15(19-14-12-7-1-2-8(5-7)13(12)14)9-3-4-10-11(6-9)18-17(23)20-16(10)22/h3-4,6-8,12-14H,1-2,5H2,(H,19,21)(H2,18,20,22,23)/t7-,8-,12-,13+,14?/m0/s1. The molecule has 5 rings (SSSR count). The largest absolute Gasteiger partial charge is 0.349 e. The third-order valence-corrected chi connectivity index (χ3v) is 6.24. The fourth-order valence-electron chi connectivity index (χ4n) is 5.06. The minimum Gasteiger partial charge on any atom is -0.349 e. The van der Waals surface area contributed by atoms with Crippen LogP contribution in [0.2, 0.25) is 0 Å². The maximum absolute atomic E-state index is 12.5. The lowest BCUT2D eigenvalue weighted by molar-refractivity contribution is 0.0944. The van der Waals surface area contributed by atoms with Crippen LogP contribution >= 0.6 is 12.2 Å². The van der Waals surface area contributed by atoms with Gasteiger partial charge in [0.2, 0.25) is 0 Å². The van der Waals surface area contributed by atoms with Crippen molar-refractivity contribution in [2.24, 2.45) is 23.7 Å². The number of aromatic amines is 2. The Morgan fingerprint density at radius 1 is 1.17 bits per heavy atom. The number of rotatable bonds is 2. The van der Waals surface area contributed by atoms with Gasteiger partial charge in [-0.1, -0.05) is 0 Å². The normalized spacial score (nSPS) is 33.7. The van der Waals surface area contributed by atoms with E-state index in [2.05, 4.69) is 15.3 Å². The van der Waals surface area contributed by atoms with Crippen LogP contribution in [0.4, 0.5) is 0 Å². The summed E-state index contributed by atoms with van der Waals surface area (Å²) in [7, 11) is 0. The number of amides is 1. The van der Waals surface area contributed by atoms with E-state index < -0.39 is 0 Å². The summed E-state index contributed by atoms with van der Waals surface area (Å²) in [6.45, 7) is 0. The van der Waals surface area contributed by atoms with Crippen molar-refractivity contribution in [3.05, 3.63) is 38.9 Å². The van der Waals surface area contributed by atoms with Crippen molar-refractivity contribution in [1.29, 1.82) is 0 Å². The zero-order valence-electron chi connectivity index (χ0n) is 12.5. The van der Waals surface area contributed by atoms with Gasteiger partial charge in [0.15, 0.2) is 4.77 Å². The number of carbonyl (C=O) groups excluding carboxylic acids is 1. The van der Waals surface area contributed by atoms with E-state index in [0.29, 0.717) is 34.3 Å². The predicted octanol–water partition coefficient (Wildman–Crippen LogP) is 2.36. The molecule has 1 heterocycles. The zero-order chi connectivity index (χ0) is 15.7. The van der Waals surface area contributed by atoms with Gasteiger partial charge in [0.1, 0.15) is 0 Å². The molecule has 3 N–H and O–H groups in total. The molecule has 0 spiro atoms. The highest BCUT2D eigenvalue weighted by atomic mass is 32.1. The minimum atomic E-state index is -0.232. The average Bonchev–Trinajstić information content (AvgIpc) is 2.91. The molecular weight excluding hydrogens is 310 g/mol. The van der Waals surface area contributed by atoms with Crippen molar-refractivity contribution < 1.29 is 4.79 Å². The van der Waals surface area contributed by atoms with Crippen molar-refractivity contribution in [1.82, 2.24) is 15.3 Å². The Hall–Kier alpha value is -1.95. The lowest BCUT2D eigenvalue weighted by Gasteiger charge is -2.11. The van der Waals surface area contributed by atoms with Gasteiger partial charge in [0.05, 0.1) is 10.9 Å². The molecular formula is C17H17N3O2S. The number of carbonyl (C=O) groups is 1. The lowest BCUT2D eigenvalue weighted by atomic mass is 10.0. The summed E-state index contributed by atoms with van der Waals surface area (Å²) >= 11 is 4.99. The quantitative estimate of drug-likeness (QED) is 0.741. The molecule has 6 heteroatoms. The molecule has 2 aromatic rings. The van der Waals surface area contributed by atoms with Gasteiger partial charge < -0.3 is 10.3 Å². The number of benzene rings is 1. The molecule has 1 aromatic heterocycles. The predicted molar refractivity (Wildman–Crippen MR) is 88.8 cm³/mol. The smallest absolute Gasteiger partial charge is 0.259 e. The van der Waals surface area contributed by atoms with E-state index in [0.717, 1.165) is 11.8 Å². The summed E-state index contributed by atoms with van der Waals surface area (Å²) < 4.78 is 0.272. The minimum absolute atomic E-state index is 0.0506. The van der Waals surface area contributed by atoms with Gasteiger partial charge in [-0.3, -0.25) is 14.6 Å². The number of aromatic nitrogens is 2. The number of H-pyrrole nitrogens is 2. The third-order valence-electron chi connectivity index (χ3n) is 6.03.